The van der Waals surface area contributed by atoms with Gasteiger partial charge >= 0.3 is 5.97 Å². The van der Waals surface area contributed by atoms with E-state index >= 15 is 0 Å². The molecule has 12 nitrogen and oxygen atoms in total. The molecule has 3 heterocycles. The molecule has 0 radical (unpaired) electrons. The number of anilines is 2. The normalized spacial score (nSPS) is 11.6. The molecule has 0 amide bonds. The van der Waals surface area contributed by atoms with Crippen molar-refractivity contribution in [3.63, 3.8) is 0 Å². The van der Waals surface area contributed by atoms with E-state index in [9.17, 15) is 9.90 Å². The van der Waals surface area contributed by atoms with Gasteiger partial charge in [0, 0.05) is 38.5 Å². The van der Waals surface area contributed by atoms with Gasteiger partial charge in [-0.2, -0.15) is 4.98 Å². The summed E-state index contributed by atoms with van der Waals surface area (Å²) in [6, 6.07) is 4.37. The number of aryl methyl sites for hydroxylation is 2. The van der Waals surface area contributed by atoms with Gasteiger partial charge in [-0.3, -0.25) is 9.97 Å². The summed E-state index contributed by atoms with van der Waals surface area (Å²) in [7, 11) is 6.73. The molecule has 2 N–H and O–H groups in total. The number of aliphatic carboxylic acids is 1. The molecule has 0 saturated heterocycles. The molecule has 38 heavy (non-hydrogen) atoms. The van der Waals surface area contributed by atoms with Gasteiger partial charge in [0.05, 0.1) is 48.6 Å². The molecule has 4 rings (SSSR count). The number of methoxy groups -OCH3 is 2. The first-order valence-corrected chi connectivity index (χ1v) is 11.7. The zero-order valence-corrected chi connectivity index (χ0v) is 22.0. The van der Waals surface area contributed by atoms with E-state index in [-0.39, 0.29) is 6.42 Å². The summed E-state index contributed by atoms with van der Waals surface area (Å²) in [6.07, 6.45) is 4.79. The third-order valence-electron chi connectivity index (χ3n) is 5.89. The van der Waals surface area contributed by atoms with E-state index in [4.69, 9.17) is 14.0 Å². The summed E-state index contributed by atoms with van der Waals surface area (Å²) in [5, 5.41) is 17.1. The van der Waals surface area contributed by atoms with E-state index in [1.54, 1.807) is 77.8 Å². The molecule has 1 atom stereocenters. The number of ether oxygens (including phenoxy) is 2. The van der Waals surface area contributed by atoms with E-state index in [1.165, 1.54) is 0 Å². The third-order valence-corrected chi connectivity index (χ3v) is 5.89. The van der Waals surface area contributed by atoms with Crippen molar-refractivity contribution in [2.24, 2.45) is 0 Å². The first-order chi connectivity index (χ1) is 18.2. The Balaban J connectivity index is 1.65. The molecule has 0 spiro atoms. The van der Waals surface area contributed by atoms with Crippen LogP contribution in [0.5, 0.6) is 11.5 Å². The van der Waals surface area contributed by atoms with E-state index in [2.05, 4.69) is 30.4 Å². The van der Waals surface area contributed by atoms with E-state index < -0.39 is 12.0 Å². The molecule has 12 heteroatoms. The van der Waals surface area contributed by atoms with Gasteiger partial charge in [-0.1, -0.05) is 11.2 Å². The highest BCUT2D eigenvalue weighted by atomic mass is 16.5. The Morgan fingerprint density at radius 2 is 1.76 bits per heavy atom. The standard InChI is InChI=1S/C26H29N7O5/c1-14-22(15(2)38-32-14)17-12-29-26(33(3)4)31-24(17)30-18(25(34)35)10-16-11-28-19(13-27-16)23-20(36-5)8-7-9-21(23)37-6/h7-9,11-13,18H,10H2,1-6H3,(H,34,35)(H,29,30,31). The molecule has 198 valence electrons. The van der Waals surface area contributed by atoms with Crippen LogP contribution in [-0.4, -0.2) is 70.5 Å². The molecule has 1 aromatic carbocycles. The Labute approximate surface area is 219 Å². The molecule has 0 aliphatic rings. The molecule has 4 aromatic rings. The van der Waals surface area contributed by atoms with Gasteiger partial charge in [0.2, 0.25) is 5.95 Å². The topological polar surface area (TPSA) is 149 Å². The zero-order valence-electron chi connectivity index (χ0n) is 22.0. The molecule has 0 saturated carbocycles. The Hall–Kier alpha value is -4.74. The molecular formula is C26H29N7O5. The monoisotopic (exact) mass is 519 g/mol. The second kappa shape index (κ2) is 11.1. The average Bonchev–Trinajstić information content (AvgIpc) is 3.25. The fourth-order valence-corrected chi connectivity index (χ4v) is 4.02. The van der Waals surface area contributed by atoms with Crippen LogP contribution < -0.4 is 19.7 Å². The van der Waals surface area contributed by atoms with Crippen molar-refractivity contribution >= 4 is 17.7 Å². The summed E-state index contributed by atoms with van der Waals surface area (Å²) >= 11 is 0. The van der Waals surface area contributed by atoms with Crippen molar-refractivity contribution in [2.75, 3.05) is 38.5 Å². The van der Waals surface area contributed by atoms with Crippen molar-refractivity contribution in [2.45, 2.75) is 26.3 Å². The highest BCUT2D eigenvalue weighted by molar-refractivity contribution is 5.83. The van der Waals surface area contributed by atoms with Gasteiger partial charge in [-0.25, -0.2) is 9.78 Å². The highest BCUT2D eigenvalue weighted by Gasteiger charge is 2.25. The lowest BCUT2D eigenvalue weighted by Crippen LogP contribution is -2.33. The van der Waals surface area contributed by atoms with Crippen LogP contribution in [0, 0.1) is 13.8 Å². The van der Waals surface area contributed by atoms with Gasteiger partial charge in [0.25, 0.3) is 0 Å². The Morgan fingerprint density at radius 3 is 2.29 bits per heavy atom. The molecule has 1 unspecified atom stereocenters. The van der Waals surface area contributed by atoms with Crippen LogP contribution >= 0.6 is 0 Å². The maximum absolute atomic E-state index is 12.3. The minimum atomic E-state index is -1.07. The van der Waals surface area contributed by atoms with Gasteiger partial charge in [-0.05, 0) is 26.0 Å². The number of nitrogens with zero attached hydrogens (tertiary/aromatic N) is 6. The molecule has 0 fully saturated rings. The Bertz CT molecular complexity index is 1390. The lowest BCUT2D eigenvalue weighted by atomic mass is 10.1. The fourth-order valence-electron chi connectivity index (χ4n) is 4.02. The minimum absolute atomic E-state index is 0.0496. The van der Waals surface area contributed by atoms with Crippen molar-refractivity contribution in [1.29, 1.82) is 0 Å². The van der Waals surface area contributed by atoms with Crippen molar-refractivity contribution in [3.05, 3.63) is 53.9 Å². The van der Waals surface area contributed by atoms with Crippen LogP contribution in [0.25, 0.3) is 22.4 Å². The first-order valence-electron chi connectivity index (χ1n) is 11.7. The number of benzene rings is 1. The van der Waals surface area contributed by atoms with Crippen LogP contribution in [0.4, 0.5) is 11.8 Å². The maximum atomic E-state index is 12.3. The molecule has 3 aromatic heterocycles. The van der Waals surface area contributed by atoms with Crippen molar-refractivity contribution < 1.29 is 23.9 Å². The van der Waals surface area contributed by atoms with Crippen molar-refractivity contribution in [1.82, 2.24) is 25.1 Å². The number of carboxylic acid groups (broad SMARTS) is 1. The van der Waals surface area contributed by atoms with Gasteiger partial charge in [0.1, 0.15) is 29.1 Å². The quantitative estimate of drug-likeness (QED) is 0.316. The number of rotatable bonds is 10. The lowest BCUT2D eigenvalue weighted by molar-refractivity contribution is -0.137. The van der Waals surface area contributed by atoms with Crippen LogP contribution in [-0.2, 0) is 11.2 Å². The molecule has 0 aliphatic heterocycles. The Kier molecular flexibility index (Phi) is 7.70. The Morgan fingerprint density at radius 1 is 1.05 bits per heavy atom. The summed E-state index contributed by atoms with van der Waals surface area (Å²) < 4.78 is 16.2. The number of carbonyl (C=O) groups is 1. The predicted octanol–water partition coefficient (Wildman–Crippen LogP) is 3.40. The van der Waals surface area contributed by atoms with Crippen LogP contribution in [0.3, 0.4) is 0 Å². The zero-order chi connectivity index (χ0) is 27.4. The summed E-state index contributed by atoms with van der Waals surface area (Å²) in [4.78, 5) is 32.0. The summed E-state index contributed by atoms with van der Waals surface area (Å²) in [6.45, 7) is 3.58. The van der Waals surface area contributed by atoms with E-state index in [0.717, 1.165) is 0 Å². The SMILES string of the molecule is COc1cccc(OC)c1-c1cnc(CC(Nc2nc(N(C)C)ncc2-c2c(C)noc2C)C(=O)O)cn1. The second-order valence-electron chi connectivity index (χ2n) is 8.70. The van der Waals surface area contributed by atoms with Gasteiger partial charge in [0.15, 0.2) is 0 Å². The number of hydrogen-bond acceptors (Lipinski definition) is 11. The smallest absolute Gasteiger partial charge is 0.326 e. The number of hydrogen-bond donors (Lipinski definition) is 2. The number of carboxylic acids is 1. The largest absolute Gasteiger partial charge is 0.496 e. The number of nitrogens with one attached hydrogen (secondary N) is 1. The van der Waals surface area contributed by atoms with E-state index in [0.29, 0.717) is 62.8 Å². The van der Waals surface area contributed by atoms with Gasteiger partial charge in [-0.15, -0.1) is 0 Å². The van der Waals surface area contributed by atoms with Crippen LogP contribution in [0.15, 0.2) is 41.3 Å². The summed E-state index contributed by atoms with van der Waals surface area (Å²) in [5.41, 5.74) is 3.61. The van der Waals surface area contributed by atoms with Crippen molar-refractivity contribution in [3.8, 4) is 33.9 Å². The number of aromatic nitrogens is 5. The van der Waals surface area contributed by atoms with Crippen LogP contribution in [0.1, 0.15) is 17.1 Å². The van der Waals surface area contributed by atoms with E-state index in [1.807, 2.05) is 6.07 Å². The third kappa shape index (κ3) is 5.33. The molecule has 0 aliphatic carbocycles. The minimum Gasteiger partial charge on any atom is -0.496 e. The average molecular weight is 520 g/mol. The first kappa shape index (κ1) is 26.3. The maximum Gasteiger partial charge on any atom is 0.326 e. The van der Waals surface area contributed by atoms with Crippen LogP contribution in [0.2, 0.25) is 0 Å². The van der Waals surface area contributed by atoms with Gasteiger partial charge < -0.3 is 29.3 Å². The lowest BCUT2D eigenvalue weighted by Gasteiger charge is -2.19. The molecular weight excluding hydrogens is 490 g/mol. The predicted molar refractivity (Wildman–Crippen MR) is 141 cm³/mol. The summed E-state index contributed by atoms with van der Waals surface area (Å²) in [5.74, 6) is 1.44. The second-order valence-corrected chi connectivity index (χ2v) is 8.70. The fraction of sp³-hybridized carbons (Fsp3) is 0.308. The highest BCUT2D eigenvalue weighted by Crippen LogP contribution is 2.37. The molecule has 0 bridgehead atoms.